The van der Waals surface area contributed by atoms with E-state index >= 15 is 0 Å². The number of hydrogen-bond donors (Lipinski definition) is 1. The first kappa shape index (κ1) is 13.1. The first-order chi connectivity index (χ1) is 8.22. The van der Waals surface area contributed by atoms with Gasteiger partial charge in [-0.25, -0.2) is 0 Å². The van der Waals surface area contributed by atoms with Crippen molar-refractivity contribution in [2.24, 2.45) is 5.92 Å². The fraction of sp³-hybridized carbons (Fsp3) is 0.571. The van der Waals surface area contributed by atoms with E-state index in [-0.39, 0.29) is 0 Å². The summed E-state index contributed by atoms with van der Waals surface area (Å²) < 4.78 is 6.47. The van der Waals surface area contributed by atoms with Crippen LogP contribution in [0.15, 0.2) is 28.7 Å². The Kier molecular flexibility index (Phi) is 4.60. The van der Waals surface area contributed by atoms with E-state index in [0.29, 0.717) is 12.1 Å². The maximum atomic E-state index is 5.30. The van der Waals surface area contributed by atoms with Crippen LogP contribution in [-0.2, 0) is 4.74 Å². The number of nitrogens with one attached hydrogen (secondary N) is 1. The first-order valence-corrected chi connectivity index (χ1v) is 7.01. The highest BCUT2D eigenvalue weighted by Crippen LogP contribution is 2.34. The van der Waals surface area contributed by atoms with E-state index in [9.17, 15) is 0 Å². The molecule has 1 aromatic rings. The van der Waals surface area contributed by atoms with E-state index in [1.807, 2.05) is 6.07 Å². The van der Waals surface area contributed by atoms with Crippen LogP contribution in [0.2, 0.25) is 0 Å². The third kappa shape index (κ3) is 3.54. The Balaban J connectivity index is 1.99. The second-order valence-corrected chi connectivity index (χ2v) is 5.66. The number of rotatable bonds is 6. The Labute approximate surface area is 112 Å². The lowest BCUT2D eigenvalue weighted by molar-refractivity contribution is 0.152. The van der Waals surface area contributed by atoms with Crippen LogP contribution >= 0.6 is 15.9 Å². The van der Waals surface area contributed by atoms with Crippen molar-refractivity contribution in [1.29, 1.82) is 0 Å². The minimum absolute atomic E-state index is 0.353. The van der Waals surface area contributed by atoms with Gasteiger partial charge in [-0.05, 0) is 37.3 Å². The Bertz CT molecular complexity index is 365. The molecule has 1 unspecified atom stereocenters. The van der Waals surface area contributed by atoms with E-state index in [1.54, 1.807) is 7.11 Å². The molecule has 2 atom stereocenters. The van der Waals surface area contributed by atoms with Gasteiger partial charge in [0.1, 0.15) is 0 Å². The average Bonchev–Trinajstić information content (AvgIpc) is 3.12. The van der Waals surface area contributed by atoms with Gasteiger partial charge in [-0.1, -0.05) is 34.1 Å². The smallest absolute Gasteiger partial charge is 0.0618 e. The Hall–Kier alpha value is -0.380. The molecule has 1 fully saturated rings. The second-order valence-electron chi connectivity index (χ2n) is 4.81. The van der Waals surface area contributed by atoms with Crippen LogP contribution in [-0.4, -0.2) is 19.8 Å². The molecule has 17 heavy (non-hydrogen) atoms. The van der Waals surface area contributed by atoms with Gasteiger partial charge in [0.25, 0.3) is 0 Å². The van der Waals surface area contributed by atoms with Gasteiger partial charge in [0, 0.05) is 23.7 Å². The number of halogens is 1. The van der Waals surface area contributed by atoms with Crippen molar-refractivity contribution in [1.82, 2.24) is 5.32 Å². The van der Waals surface area contributed by atoms with E-state index in [1.165, 1.54) is 22.9 Å². The fourth-order valence-corrected chi connectivity index (χ4v) is 2.86. The maximum Gasteiger partial charge on any atom is 0.0618 e. The lowest BCUT2D eigenvalue weighted by atomic mass is 10.1. The summed E-state index contributed by atoms with van der Waals surface area (Å²) in [6.07, 6.45) is 2.67. The van der Waals surface area contributed by atoms with E-state index in [4.69, 9.17) is 4.74 Å². The number of hydrogen-bond acceptors (Lipinski definition) is 2. The van der Waals surface area contributed by atoms with Crippen molar-refractivity contribution in [2.45, 2.75) is 31.8 Å². The van der Waals surface area contributed by atoms with Crippen LogP contribution < -0.4 is 5.32 Å². The van der Waals surface area contributed by atoms with E-state index in [2.05, 4.69) is 46.4 Å². The molecule has 3 heteroatoms. The van der Waals surface area contributed by atoms with Gasteiger partial charge in [-0.15, -0.1) is 0 Å². The Morgan fingerprint density at radius 3 is 2.71 bits per heavy atom. The largest absolute Gasteiger partial charge is 0.383 e. The lowest BCUT2D eigenvalue weighted by Crippen LogP contribution is -2.37. The first-order valence-electron chi connectivity index (χ1n) is 6.21. The van der Waals surface area contributed by atoms with Crippen LogP contribution in [0, 0.1) is 5.92 Å². The molecule has 0 aliphatic heterocycles. The second kappa shape index (κ2) is 5.98. The molecule has 1 aliphatic carbocycles. The highest BCUT2D eigenvalue weighted by molar-refractivity contribution is 9.10. The van der Waals surface area contributed by atoms with Crippen LogP contribution in [0.4, 0.5) is 0 Å². The summed E-state index contributed by atoms with van der Waals surface area (Å²) in [7, 11) is 1.78. The van der Waals surface area contributed by atoms with E-state index in [0.717, 1.165) is 12.5 Å². The third-order valence-corrected chi connectivity index (χ3v) is 4.10. The molecule has 0 heterocycles. The zero-order valence-corrected chi connectivity index (χ0v) is 12.0. The molecule has 1 aliphatic rings. The topological polar surface area (TPSA) is 21.3 Å². The highest BCUT2D eigenvalue weighted by Gasteiger charge is 2.32. The van der Waals surface area contributed by atoms with Crippen molar-refractivity contribution >= 4 is 15.9 Å². The van der Waals surface area contributed by atoms with Crippen molar-refractivity contribution in [2.75, 3.05) is 13.7 Å². The Morgan fingerprint density at radius 2 is 2.12 bits per heavy atom. The zero-order valence-electron chi connectivity index (χ0n) is 10.4. The van der Waals surface area contributed by atoms with Gasteiger partial charge in [-0.2, -0.15) is 0 Å². The summed E-state index contributed by atoms with van der Waals surface area (Å²) in [4.78, 5) is 0. The predicted octanol–water partition coefficient (Wildman–Crippen LogP) is 3.52. The van der Waals surface area contributed by atoms with Crippen molar-refractivity contribution in [3.05, 3.63) is 34.3 Å². The lowest BCUT2D eigenvalue weighted by Gasteiger charge is -2.23. The highest BCUT2D eigenvalue weighted by atomic mass is 79.9. The number of benzene rings is 1. The van der Waals surface area contributed by atoms with Gasteiger partial charge in [0.05, 0.1) is 6.61 Å². The molecule has 94 valence electrons. The Morgan fingerprint density at radius 1 is 1.41 bits per heavy atom. The predicted molar refractivity (Wildman–Crippen MR) is 74.1 cm³/mol. The van der Waals surface area contributed by atoms with Crippen molar-refractivity contribution < 1.29 is 4.74 Å². The molecule has 0 bridgehead atoms. The quantitative estimate of drug-likeness (QED) is 0.867. The van der Waals surface area contributed by atoms with E-state index < -0.39 is 0 Å². The molecular formula is C14H20BrNO. The molecule has 0 saturated heterocycles. The van der Waals surface area contributed by atoms with Crippen LogP contribution in [0.1, 0.15) is 31.4 Å². The van der Waals surface area contributed by atoms with Gasteiger partial charge in [-0.3, -0.25) is 0 Å². The van der Waals surface area contributed by atoms with Crippen molar-refractivity contribution in [3.8, 4) is 0 Å². The zero-order chi connectivity index (χ0) is 12.3. The van der Waals surface area contributed by atoms with Gasteiger partial charge >= 0.3 is 0 Å². The molecule has 1 aromatic carbocycles. The molecule has 1 N–H and O–H groups in total. The third-order valence-electron chi connectivity index (χ3n) is 3.37. The molecule has 0 radical (unpaired) electrons. The maximum absolute atomic E-state index is 5.30. The minimum Gasteiger partial charge on any atom is -0.383 e. The summed E-state index contributed by atoms with van der Waals surface area (Å²) in [5.74, 6) is 0.805. The van der Waals surface area contributed by atoms with Crippen LogP contribution in [0.3, 0.4) is 0 Å². The standard InChI is InChI=1S/C14H20BrNO/c1-10(12-5-3-4-6-13(12)15)16-14(9-17-2)11-7-8-11/h3-6,10-11,14,16H,7-9H2,1-2H3/t10-,14?/m1/s1. The molecule has 1 saturated carbocycles. The summed E-state index contributed by atoms with van der Waals surface area (Å²) in [6.45, 7) is 3.02. The van der Waals surface area contributed by atoms with Gasteiger partial charge < -0.3 is 10.1 Å². The number of methoxy groups -OCH3 is 1. The average molecular weight is 298 g/mol. The monoisotopic (exact) mass is 297 g/mol. The molecule has 0 aromatic heterocycles. The molecule has 0 spiro atoms. The SMILES string of the molecule is COCC(N[C@H](C)c1ccccc1Br)C1CC1. The van der Waals surface area contributed by atoms with Crippen LogP contribution in [0.25, 0.3) is 0 Å². The van der Waals surface area contributed by atoms with Gasteiger partial charge in [0.2, 0.25) is 0 Å². The fourth-order valence-electron chi connectivity index (χ4n) is 2.24. The van der Waals surface area contributed by atoms with Crippen LogP contribution in [0.5, 0.6) is 0 Å². The summed E-state index contributed by atoms with van der Waals surface area (Å²) in [6, 6.07) is 9.23. The van der Waals surface area contributed by atoms with Gasteiger partial charge in [0.15, 0.2) is 0 Å². The molecule has 2 nitrogen and oxygen atoms in total. The molecule has 0 amide bonds. The summed E-state index contributed by atoms with van der Waals surface area (Å²) in [5.41, 5.74) is 1.31. The van der Waals surface area contributed by atoms with Crippen molar-refractivity contribution in [3.63, 3.8) is 0 Å². The minimum atomic E-state index is 0.353. The number of ether oxygens (including phenoxy) is 1. The molecule has 2 rings (SSSR count). The molecular weight excluding hydrogens is 278 g/mol. The normalized spacial score (nSPS) is 19.0. The summed E-state index contributed by atoms with van der Waals surface area (Å²) >= 11 is 3.61. The summed E-state index contributed by atoms with van der Waals surface area (Å²) in [5, 5.41) is 3.68.